The molecule has 3 rings (SSSR count). The predicted molar refractivity (Wildman–Crippen MR) is 101 cm³/mol. The third-order valence-electron chi connectivity index (χ3n) is 3.89. The van der Waals surface area contributed by atoms with Gasteiger partial charge in [-0.2, -0.15) is 5.26 Å². The molecule has 2 N–H and O–H groups in total. The van der Waals surface area contributed by atoms with Crippen molar-refractivity contribution in [2.24, 2.45) is 0 Å². The number of rotatable bonds is 4. The summed E-state index contributed by atoms with van der Waals surface area (Å²) in [5, 5.41) is 12.0. The number of benzene rings is 2. The van der Waals surface area contributed by atoms with Crippen molar-refractivity contribution in [3.05, 3.63) is 97.3 Å². The van der Waals surface area contributed by atoms with Crippen LogP contribution in [0.15, 0.2) is 64.3 Å². The molecule has 0 saturated carbocycles. The highest BCUT2D eigenvalue weighted by atomic mass is 35.5. The van der Waals surface area contributed by atoms with Gasteiger partial charge in [0.15, 0.2) is 0 Å². The maximum absolute atomic E-state index is 12.7. The highest BCUT2D eigenvalue weighted by Crippen LogP contribution is 2.16. The van der Waals surface area contributed by atoms with Crippen LogP contribution in [-0.4, -0.2) is 15.5 Å². The van der Waals surface area contributed by atoms with Crippen molar-refractivity contribution in [2.75, 3.05) is 5.32 Å². The second-order valence-electron chi connectivity index (χ2n) is 5.60. The first-order valence-electron chi connectivity index (χ1n) is 7.87. The largest absolute Gasteiger partial charge is 0.328 e. The number of carbonyl (C=O) groups is 1. The fourth-order valence-electron chi connectivity index (χ4n) is 2.49. The number of aromatic amines is 1. The molecule has 0 atom stereocenters. The van der Waals surface area contributed by atoms with Crippen molar-refractivity contribution in [2.45, 2.75) is 6.54 Å². The van der Waals surface area contributed by atoms with Crippen molar-refractivity contribution in [1.29, 1.82) is 5.26 Å². The molecule has 0 fully saturated rings. The van der Waals surface area contributed by atoms with E-state index in [2.05, 4.69) is 10.3 Å². The highest BCUT2D eigenvalue weighted by molar-refractivity contribution is 6.31. The first kappa shape index (κ1) is 18.2. The van der Waals surface area contributed by atoms with Gasteiger partial charge >= 0.3 is 5.69 Å². The monoisotopic (exact) mass is 380 g/mol. The summed E-state index contributed by atoms with van der Waals surface area (Å²) < 4.78 is 0.895. The first-order chi connectivity index (χ1) is 13.0. The molecule has 0 aliphatic heterocycles. The number of hydrogen-bond acceptors (Lipinski definition) is 4. The summed E-state index contributed by atoms with van der Waals surface area (Å²) in [6, 6.07) is 15.1. The molecule has 0 aliphatic carbocycles. The number of para-hydroxylation sites is 1. The van der Waals surface area contributed by atoms with E-state index >= 15 is 0 Å². The molecule has 3 aromatic rings. The van der Waals surface area contributed by atoms with E-state index in [9.17, 15) is 14.4 Å². The number of carbonyl (C=O) groups excluding carboxylic acids is 1. The summed E-state index contributed by atoms with van der Waals surface area (Å²) in [6.45, 7) is -0.0796. The van der Waals surface area contributed by atoms with Crippen LogP contribution >= 0.6 is 11.6 Å². The zero-order valence-electron chi connectivity index (χ0n) is 13.9. The summed E-state index contributed by atoms with van der Waals surface area (Å²) in [5.41, 5.74) is -0.576. The molecule has 7 nitrogen and oxygen atoms in total. The summed E-state index contributed by atoms with van der Waals surface area (Å²) in [4.78, 5) is 39.6. The van der Waals surface area contributed by atoms with Crippen molar-refractivity contribution in [1.82, 2.24) is 9.55 Å². The third kappa shape index (κ3) is 3.81. The van der Waals surface area contributed by atoms with Gasteiger partial charge in [0.1, 0.15) is 11.6 Å². The topological polar surface area (TPSA) is 108 Å². The number of aromatic nitrogens is 2. The molecule has 1 aromatic heterocycles. The third-order valence-corrected chi connectivity index (χ3v) is 4.26. The van der Waals surface area contributed by atoms with Gasteiger partial charge in [-0.05, 0) is 23.8 Å². The van der Waals surface area contributed by atoms with Crippen LogP contribution in [0.5, 0.6) is 0 Å². The normalized spacial score (nSPS) is 10.2. The Hall–Kier alpha value is -3.63. The van der Waals surface area contributed by atoms with Crippen LogP contribution in [0, 0.1) is 11.3 Å². The van der Waals surface area contributed by atoms with Crippen molar-refractivity contribution in [3.8, 4) is 6.07 Å². The minimum Gasteiger partial charge on any atom is -0.321 e. The van der Waals surface area contributed by atoms with Crippen LogP contribution in [0.1, 0.15) is 21.5 Å². The van der Waals surface area contributed by atoms with E-state index in [-0.39, 0.29) is 23.4 Å². The summed E-state index contributed by atoms with van der Waals surface area (Å²) in [6.07, 6.45) is 1.05. The molecule has 1 heterocycles. The van der Waals surface area contributed by atoms with Gasteiger partial charge < -0.3 is 10.3 Å². The SMILES string of the molecule is N#Cc1ccccc1NC(=O)c1c[nH]c(=O)n(Cc2ccccc2Cl)c1=O. The summed E-state index contributed by atoms with van der Waals surface area (Å²) in [5.74, 6) is -0.730. The van der Waals surface area contributed by atoms with Crippen LogP contribution in [-0.2, 0) is 6.54 Å². The second-order valence-corrected chi connectivity index (χ2v) is 6.01. The molecular formula is C19H13ClN4O3. The molecule has 27 heavy (non-hydrogen) atoms. The Morgan fingerprint density at radius 1 is 1.15 bits per heavy atom. The van der Waals surface area contributed by atoms with E-state index in [1.54, 1.807) is 42.5 Å². The van der Waals surface area contributed by atoms with Crippen molar-refractivity contribution >= 4 is 23.2 Å². The lowest BCUT2D eigenvalue weighted by Crippen LogP contribution is -2.39. The minimum absolute atomic E-state index is 0.0796. The Morgan fingerprint density at radius 2 is 1.85 bits per heavy atom. The maximum atomic E-state index is 12.7. The molecule has 0 spiro atoms. The van der Waals surface area contributed by atoms with Crippen LogP contribution in [0.3, 0.4) is 0 Å². The number of H-pyrrole nitrogens is 1. The number of halogens is 1. The van der Waals surface area contributed by atoms with E-state index < -0.39 is 17.2 Å². The zero-order chi connectivity index (χ0) is 19.4. The van der Waals surface area contributed by atoms with Gasteiger partial charge in [-0.1, -0.05) is 41.9 Å². The Kier molecular flexibility index (Phi) is 5.20. The van der Waals surface area contributed by atoms with Gasteiger partial charge in [0, 0.05) is 11.2 Å². The number of amides is 1. The fourth-order valence-corrected chi connectivity index (χ4v) is 2.69. The molecule has 1 amide bonds. The molecular weight excluding hydrogens is 368 g/mol. The van der Waals surface area contributed by atoms with Gasteiger partial charge in [-0.25, -0.2) is 4.79 Å². The Labute approximate surface area is 158 Å². The molecule has 2 aromatic carbocycles. The fraction of sp³-hybridized carbons (Fsp3) is 0.0526. The van der Waals surface area contributed by atoms with Crippen molar-refractivity contribution in [3.63, 3.8) is 0 Å². The number of anilines is 1. The smallest absolute Gasteiger partial charge is 0.321 e. The molecule has 0 saturated heterocycles. The van der Waals surface area contributed by atoms with Crippen LogP contribution in [0.25, 0.3) is 0 Å². The quantitative estimate of drug-likeness (QED) is 0.724. The molecule has 0 bridgehead atoms. The average molecular weight is 381 g/mol. The maximum Gasteiger partial charge on any atom is 0.328 e. The average Bonchev–Trinajstić information content (AvgIpc) is 2.67. The summed E-state index contributed by atoms with van der Waals surface area (Å²) >= 11 is 6.08. The molecule has 0 unspecified atom stereocenters. The number of nitrogens with one attached hydrogen (secondary N) is 2. The molecule has 134 valence electrons. The van der Waals surface area contributed by atoms with E-state index in [0.717, 1.165) is 10.8 Å². The number of nitriles is 1. The predicted octanol–water partition coefficient (Wildman–Crippen LogP) is 2.36. The van der Waals surface area contributed by atoms with Gasteiger partial charge in [-0.15, -0.1) is 0 Å². The van der Waals surface area contributed by atoms with E-state index in [0.29, 0.717) is 10.6 Å². The van der Waals surface area contributed by atoms with E-state index in [4.69, 9.17) is 16.9 Å². The van der Waals surface area contributed by atoms with Crippen LogP contribution in [0.2, 0.25) is 5.02 Å². The Bertz CT molecular complexity index is 1170. The lowest BCUT2D eigenvalue weighted by atomic mass is 10.2. The Morgan fingerprint density at radius 3 is 2.59 bits per heavy atom. The standard InChI is InChI=1S/C19H13ClN4O3/c20-15-7-3-1-6-13(15)11-24-18(26)14(10-22-19(24)27)17(25)23-16-8-4-2-5-12(16)9-21/h1-8,10H,11H2,(H,22,27)(H,23,25). The molecule has 0 aliphatic rings. The highest BCUT2D eigenvalue weighted by Gasteiger charge is 2.16. The minimum atomic E-state index is -0.759. The van der Waals surface area contributed by atoms with Crippen molar-refractivity contribution < 1.29 is 4.79 Å². The zero-order valence-corrected chi connectivity index (χ0v) is 14.7. The van der Waals surface area contributed by atoms with Crippen LogP contribution in [0.4, 0.5) is 5.69 Å². The first-order valence-corrected chi connectivity index (χ1v) is 8.25. The summed E-state index contributed by atoms with van der Waals surface area (Å²) in [7, 11) is 0. The second kappa shape index (κ2) is 7.72. The van der Waals surface area contributed by atoms with Gasteiger partial charge in [0.2, 0.25) is 0 Å². The van der Waals surface area contributed by atoms with Gasteiger partial charge in [-0.3, -0.25) is 14.2 Å². The number of hydrogen-bond donors (Lipinski definition) is 2. The van der Waals surface area contributed by atoms with Gasteiger partial charge in [0.25, 0.3) is 11.5 Å². The Balaban J connectivity index is 1.97. The lowest BCUT2D eigenvalue weighted by Gasteiger charge is -2.09. The number of nitrogens with zero attached hydrogens (tertiary/aromatic N) is 2. The lowest BCUT2D eigenvalue weighted by molar-refractivity contribution is 0.102. The molecule has 8 heteroatoms. The van der Waals surface area contributed by atoms with Gasteiger partial charge in [0.05, 0.1) is 17.8 Å². The van der Waals surface area contributed by atoms with E-state index in [1.165, 1.54) is 6.07 Å². The molecule has 0 radical (unpaired) electrons. The van der Waals surface area contributed by atoms with E-state index in [1.807, 2.05) is 6.07 Å². The van der Waals surface area contributed by atoms with Crippen LogP contribution < -0.4 is 16.6 Å².